The molecule has 5 nitrogen and oxygen atoms in total. The van der Waals surface area contributed by atoms with Crippen LogP contribution in [0.4, 0.5) is 0 Å². The molecule has 1 aromatic heterocycles. The number of carbonyl (C=O) groups excluding carboxylic acids is 1. The number of H-pyrrole nitrogens is 1. The minimum Gasteiger partial charge on any atom is -0.465 e. The molecule has 1 aromatic rings. The SMILES string of the molecule is CCOC(=O)[C@@H]1NCCc2[nH]cnc21. The van der Waals surface area contributed by atoms with Gasteiger partial charge in [0, 0.05) is 18.7 Å². The van der Waals surface area contributed by atoms with Crippen molar-refractivity contribution >= 4 is 5.97 Å². The van der Waals surface area contributed by atoms with Crippen molar-refractivity contribution in [2.45, 2.75) is 19.4 Å². The molecule has 0 fully saturated rings. The molecule has 1 aliphatic rings. The molecule has 2 heterocycles. The van der Waals surface area contributed by atoms with Crippen molar-refractivity contribution in [2.75, 3.05) is 13.2 Å². The van der Waals surface area contributed by atoms with Crippen molar-refractivity contribution in [3.8, 4) is 0 Å². The number of imidazole rings is 1. The van der Waals surface area contributed by atoms with Gasteiger partial charge in [0.25, 0.3) is 0 Å². The summed E-state index contributed by atoms with van der Waals surface area (Å²) in [6.45, 7) is 2.97. The second kappa shape index (κ2) is 3.79. The van der Waals surface area contributed by atoms with Crippen molar-refractivity contribution in [3.63, 3.8) is 0 Å². The van der Waals surface area contributed by atoms with Crippen molar-refractivity contribution in [3.05, 3.63) is 17.7 Å². The van der Waals surface area contributed by atoms with Gasteiger partial charge in [0.2, 0.25) is 0 Å². The average Bonchev–Trinajstić information content (AvgIpc) is 2.65. The van der Waals surface area contributed by atoms with E-state index >= 15 is 0 Å². The molecule has 14 heavy (non-hydrogen) atoms. The van der Waals surface area contributed by atoms with Gasteiger partial charge in [0.1, 0.15) is 0 Å². The molecule has 76 valence electrons. The maximum Gasteiger partial charge on any atom is 0.329 e. The summed E-state index contributed by atoms with van der Waals surface area (Å²) >= 11 is 0. The Hall–Kier alpha value is -1.36. The number of carbonyl (C=O) groups is 1. The lowest BCUT2D eigenvalue weighted by Gasteiger charge is -2.20. The monoisotopic (exact) mass is 195 g/mol. The quantitative estimate of drug-likeness (QED) is 0.660. The Morgan fingerprint density at radius 1 is 1.79 bits per heavy atom. The molecule has 1 aliphatic heterocycles. The Balaban J connectivity index is 2.19. The molecule has 0 spiro atoms. The van der Waals surface area contributed by atoms with Crippen molar-refractivity contribution < 1.29 is 9.53 Å². The van der Waals surface area contributed by atoms with Gasteiger partial charge in [-0.3, -0.25) is 5.32 Å². The molecule has 0 amide bonds. The van der Waals surface area contributed by atoms with Gasteiger partial charge in [-0.2, -0.15) is 0 Å². The number of nitrogens with one attached hydrogen (secondary N) is 2. The van der Waals surface area contributed by atoms with Crippen LogP contribution < -0.4 is 5.32 Å². The van der Waals surface area contributed by atoms with Crippen LogP contribution in [0.1, 0.15) is 24.4 Å². The van der Waals surface area contributed by atoms with Gasteiger partial charge in [-0.15, -0.1) is 0 Å². The molecule has 1 atom stereocenters. The lowest BCUT2D eigenvalue weighted by molar-refractivity contribution is -0.146. The van der Waals surface area contributed by atoms with E-state index in [9.17, 15) is 4.79 Å². The van der Waals surface area contributed by atoms with E-state index in [1.807, 2.05) is 0 Å². The van der Waals surface area contributed by atoms with Crippen LogP contribution in [0.3, 0.4) is 0 Å². The fourth-order valence-corrected chi connectivity index (χ4v) is 1.64. The maximum absolute atomic E-state index is 11.5. The highest BCUT2D eigenvalue weighted by molar-refractivity contribution is 5.77. The number of ether oxygens (including phenoxy) is 1. The van der Waals surface area contributed by atoms with Crippen LogP contribution in [0.15, 0.2) is 6.33 Å². The fraction of sp³-hybridized carbons (Fsp3) is 0.556. The first-order valence-electron chi connectivity index (χ1n) is 4.75. The van der Waals surface area contributed by atoms with Crippen molar-refractivity contribution in [1.82, 2.24) is 15.3 Å². The van der Waals surface area contributed by atoms with E-state index in [1.54, 1.807) is 13.3 Å². The average molecular weight is 195 g/mol. The van der Waals surface area contributed by atoms with Gasteiger partial charge in [0.05, 0.1) is 18.6 Å². The second-order valence-electron chi connectivity index (χ2n) is 3.16. The molecule has 0 radical (unpaired) electrons. The Morgan fingerprint density at radius 2 is 2.64 bits per heavy atom. The molecule has 0 unspecified atom stereocenters. The molecule has 0 saturated heterocycles. The first-order chi connectivity index (χ1) is 6.83. The molecular formula is C9H13N3O2. The van der Waals surface area contributed by atoms with E-state index in [2.05, 4.69) is 15.3 Å². The molecule has 0 aliphatic carbocycles. The Morgan fingerprint density at radius 3 is 3.43 bits per heavy atom. The number of esters is 1. The first-order valence-corrected chi connectivity index (χ1v) is 4.75. The van der Waals surface area contributed by atoms with Gasteiger partial charge in [-0.1, -0.05) is 0 Å². The van der Waals surface area contributed by atoms with Crippen LogP contribution in [-0.2, 0) is 16.0 Å². The molecule has 2 N–H and O–H groups in total. The van der Waals surface area contributed by atoms with Crippen LogP contribution in [0.2, 0.25) is 0 Å². The Kier molecular flexibility index (Phi) is 2.49. The standard InChI is InChI=1S/C9H13N3O2/c1-2-14-9(13)8-7-6(3-4-10-8)11-5-12-7/h5,8,10H,2-4H2,1H3,(H,11,12)/t8-/m1/s1. The molecule has 0 bridgehead atoms. The van der Waals surface area contributed by atoms with E-state index in [4.69, 9.17) is 4.74 Å². The smallest absolute Gasteiger partial charge is 0.329 e. The summed E-state index contributed by atoms with van der Waals surface area (Å²) in [5.41, 5.74) is 1.80. The van der Waals surface area contributed by atoms with Crippen LogP contribution in [0.25, 0.3) is 0 Å². The zero-order valence-corrected chi connectivity index (χ0v) is 8.04. The van der Waals surface area contributed by atoms with Gasteiger partial charge in [-0.25, -0.2) is 9.78 Å². The number of hydrogen-bond acceptors (Lipinski definition) is 4. The number of aromatic nitrogens is 2. The summed E-state index contributed by atoms with van der Waals surface area (Å²) in [6, 6.07) is -0.398. The maximum atomic E-state index is 11.5. The number of rotatable bonds is 2. The number of nitrogens with zero attached hydrogens (tertiary/aromatic N) is 1. The molecule has 0 aromatic carbocycles. The highest BCUT2D eigenvalue weighted by Crippen LogP contribution is 2.19. The third-order valence-corrected chi connectivity index (χ3v) is 2.27. The van der Waals surface area contributed by atoms with E-state index in [1.165, 1.54) is 0 Å². The fourth-order valence-electron chi connectivity index (χ4n) is 1.64. The van der Waals surface area contributed by atoms with E-state index in [0.717, 1.165) is 24.4 Å². The molecule has 0 saturated carbocycles. The van der Waals surface area contributed by atoms with Gasteiger partial charge < -0.3 is 9.72 Å². The minimum atomic E-state index is -0.398. The zero-order chi connectivity index (χ0) is 9.97. The number of fused-ring (bicyclic) bond motifs is 1. The number of hydrogen-bond donors (Lipinski definition) is 2. The lowest BCUT2D eigenvalue weighted by atomic mass is 10.1. The topological polar surface area (TPSA) is 67.0 Å². The normalized spacial score (nSPS) is 20.2. The van der Waals surface area contributed by atoms with Crippen molar-refractivity contribution in [1.29, 1.82) is 0 Å². The predicted molar refractivity (Wildman–Crippen MR) is 49.7 cm³/mol. The zero-order valence-electron chi connectivity index (χ0n) is 8.04. The second-order valence-corrected chi connectivity index (χ2v) is 3.16. The summed E-state index contributed by atoms with van der Waals surface area (Å²) in [6.07, 6.45) is 2.50. The van der Waals surface area contributed by atoms with Gasteiger partial charge >= 0.3 is 5.97 Å². The van der Waals surface area contributed by atoms with Crippen LogP contribution in [0.5, 0.6) is 0 Å². The van der Waals surface area contributed by atoms with Gasteiger partial charge in [-0.05, 0) is 6.92 Å². The third kappa shape index (κ3) is 1.50. The summed E-state index contributed by atoms with van der Waals surface area (Å²) in [4.78, 5) is 18.7. The third-order valence-electron chi connectivity index (χ3n) is 2.27. The predicted octanol–water partition coefficient (Wildman–Crippen LogP) is 0.160. The summed E-state index contributed by atoms with van der Waals surface area (Å²) < 4.78 is 4.95. The van der Waals surface area contributed by atoms with Gasteiger partial charge in [0.15, 0.2) is 6.04 Å². The minimum absolute atomic E-state index is 0.249. The van der Waals surface area contributed by atoms with Crippen LogP contribution >= 0.6 is 0 Å². The summed E-state index contributed by atoms with van der Waals surface area (Å²) in [7, 11) is 0. The van der Waals surface area contributed by atoms with Crippen LogP contribution in [0, 0.1) is 0 Å². The van der Waals surface area contributed by atoms with E-state index in [-0.39, 0.29) is 5.97 Å². The Labute approximate surface area is 81.9 Å². The Bertz CT molecular complexity index is 335. The van der Waals surface area contributed by atoms with Crippen molar-refractivity contribution in [2.24, 2.45) is 0 Å². The summed E-state index contributed by atoms with van der Waals surface area (Å²) in [5, 5.41) is 3.09. The number of aromatic amines is 1. The highest BCUT2D eigenvalue weighted by atomic mass is 16.5. The van der Waals surface area contributed by atoms with E-state index in [0.29, 0.717) is 6.61 Å². The molecular weight excluding hydrogens is 182 g/mol. The van der Waals surface area contributed by atoms with E-state index < -0.39 is 6.04 Å². The molecule has 5 heteroatoms. The largest absolute Gasteiger partial charge is 0.465 e. The summed E-state index contributed by atoms with van der Waals surface area (Å²) in [5.74, 6) is -0.249. The molecule has 2 rings (SSSR count). The first kappa shape index (κ1) is 9.21. The lowest BCUT2D eigenvalue weighted by Crippen LogP contribution is -2.36. The van der Waals surface area contributed by atoms with Crippen LogP contribution in [-0.4, -0.2) is 29.1 Å². The highest BCUT2D eigenvalue weighted by Gasteiger charge is 2.29.